The Morgan fingerprint density at radius 2 is 2.03 bits per heavy atom. The summed E-state index contributed by atoms with van der Waals surface area (Å²) in [6.07, 6.45) is 0. The van der Waals surface area contributed by atoms with Crippen LogP contribution in [0.15, 0.2) is 69.9 Å². The summed E-state index contributed by atoms with van der Waals surface area (Å²) >= 11 is 2.63. The van der Waals surface area contributed by atoms with E-state index in [4.69, 9.17) is 4.74 Å². The van der Waals surface area contributed by atoms with Crippen LogP contribution in [0.5, 0.6) is 5.75 Å². The smallest absolute Gasteiger partial charge is 0.272 e. The molecule has 0 fully saturated rings. The maximum Gasteiger partial charge on any atom is 0.272 e. The SMILES string of the molecule is COc1cccc(Cn2c(SCC(=O)Nc3ccccc3C)nc3ccsc3c2=O)c1. The summed E-state index contributed by atoms with van der Waals surface area (Å²) in [5.41, 5.74) is 3.24. The van der Waals surface area contributed by atoms with E-state index in [-0.39, 0.29) is 17.2 Å². The van der Waals surface area contributed by atoms with Gasteiger partial charge in [0.15, 0.2) is 5.16 Å². The molecule has 1 N–H and O–H groups in total. The molecular formula is C23H21N3O3S2. The van der Waals surface area contributed by atoms with Crippen LogP contribution in [-0.2, 0) is 11.3 Å². The summed E-state index contributed by atoms with van der Waals surface area (Å²) in [6.45, 7) is 2.29. The number of thioether (sulfide) groups is 1. The number of benzene rings is 2. The van der Waals surface area contributed by atoms with E-state index in [2.05, 4.69) is 10.3 Å². The molecule has 0 spiro atoms. The van der Waals surface area contributed by atoms with Crippen LogP contribution >= 0.6 is 23.1 Å². The van der Waals surface area contributed by atoms with Crippen molar-refractivity contribution in [3.63, 3.8) is 0 Å². The van der Waals surface area contributed by atoms with Crippen molar-refractivity contribution in [3.05, 3.63) is 81.5 Å². The van der Waals surface area contributed by atoms with Crippen LogP contribution in [0.25, 0.3) is 10.2 Å². The van der Waals surface area contributed by atoms with Gasteiger partial charge in [-0.25, -0.2) is 4.98 Å². The average molecular weight is 452 g/mol. The number of aromatic nitrogens is 2. The molecule has 0 unspecified atom stereocenters. The first-order valence-electron chi connectivity index (χ1n) is 9.64. The minimum atomic E-state index is -0.146. The molecule has 6 nitrogen and oxygen atoms in total. The number of methoxy groups -OCH3 is 1. The molecule has 0 atom stereocenters. The number of nitrogens with zero attached hydrogens (tertiary/aromatic N) is 2. The molecule has 2 aromatic carbocycles. The van der Waals surface area contributed by atoms with Crippen LogP contribution in [0.3, 0.4) is 0 Å². The Morgan fingerprint density at radius 1 is 1.19 bits per heavy atom. The minimum absolute atomic E-state index is 0.107. The van der Waals surface area contributed by atoms with E-state index in [9.17, 15) is 9.59 Å². The fraction of sp³-hybridized carbons (Fsp3) is 0.174. The Bertz CT molecular complexity index is 1300. The number of ether oxygens (including phenoxy) is 1. The predicted molar refractivity (Wildman–Crippen MR) is 127 cm³/mol. The van der Waals surface area contributed by atoms with Crippen molar-refractivity contribution in [1.29, 1.82) is 0 Å². The van der Waals surface area contributed by atoms with E-state index in [0.29, 0.717) is 21.9 Å². The molecule has 31 heavy (non-hydrogen) atoms. The second kappa shape index (κ2) is 9.36. The lowest BCUT2D eigenvalue weighted by Crippen LogP contribution is -2.24. The Morgan fingerprint density at radius 3 is 2.84 bits per heavy atom. The standard InChI is InChI=1S/C23H21N3O3S2/c1-15-6-3-4-9-18(15)24-20(27)14-31-23-25-19-10-11-30-21(19)22(28)26(23)13-16-7-5-8-17(12-16)29-2/h3-12H,13-14H2,1-2H3,(H,24,27). The van der Waals surface area contributed by atoms with E-state index < -0.39 is 0 Å². The van der Waals surface area contributed by atoms with E-state index in [1.807, 2.05) is 66.9 Å². The number of carbonyl (C=O) groups excluding carboxylic acids is 1. The van der Waals surface area contributed by atoms with Gasteiger partial charge in [-0.2, -0.15) is 0 Å². The first kappa shape index (κ1) is 21.1. The Labute approximate surface area is 187 Å². The van der Waals surface area contributed by atoms with E-state index in [1.165, 1.54) is 23.1 Å². The van der Waals surface area contributed by atoms with Crippen molar-refractivity contribution < 1.29 is 9.53 Å². The summed E-state index contributed by atoms with van der Waals surface area (Å²) < 4.78 is 7.53. The number of hydrogen-bond acceptors (Lipinski definition) is 6. The highest BCUT2D eigenvalue weighted by atomic mass is 32.2. The fourth-order valence-corrected chi connectivity index (χ4v) is 4.73. The van der Waals surface area contributed by atoms with Gasteiger partial charge in [0.25, 0.3) is 5.56 Å². The molecule has 1 amide bonds. The molecule has 2 heterocycles. The molecular weight excluding hydrogens is 430 g/mol. The van der Waals surface area contributed by atoms with Crippen molar-refractivity contribution in [2.24, 2.45) is 0 Å². The number of fused-ring (bicyclic) bond motifs is 1. The van der Waals surface area contributed by atoms with Crippen LogP contribution in [-0.4, -0.2) is 28.3 Å². The third-order valence-electron chi connectivity index (χ3n) is 4.76. The number of hydrogen-bond donors (Lipinski definition) is 1. The zero-order valence-corrected chi connectivity index (χ0v) is 18.8. The van der Waals surface area contributed by atoms with Crippen LogP contribution in [0.4, 0.5) is 5.69 Å². The number of thiophene rings is 1. The Hall–Kier alpha value is -3.10. The summed E-state index contributed by atoms with van der Waals surface area (Å²) in [5.74, 6) is 0.726. The average Bonchev–Trinajstić information content (AvgIpc) is 3.25. The first-order chi connectivity index (χ1) is 15.0. The highest BCUT2D eigenvalue weighted by Gasteiger charge is 2.15. The minimum Gasteiger partial charge on any atom is -0.497 e. The van der Waals surface area contributed by atoms with Crippen LogP contribution in [0, 0.1) is 6.92 Å². The highest BCUT2D eigenvalue weighted by Crippen LogP contribution is 2.23. The number of rotatable bonds is 7. The molecule has 0 aliphatic heterocycles. The van der Waals surface area contributed by atoms with Gasteiger partial charge in [0, 0.05) is 5.69 Å². The van der Waals surface area contributed by atoms with Crippen molar-refractivity contribution >= 4 is 44.9 Å². The van der Waals surface area contributed by atoms with Crippen LogP contribution in [0.2, 0.25) is 0 Å². The van der Waals surface area contributed by atoms with Crippen molar-refractivity contribution in [1.82, 2.24) is 9.55 Å². The lowest BCUT2D eigenvalue weighted by Gasteiger charge is -2.13. The molecule has 0 saturated heterocycles. The number of amides is 1. The molecule has 8 heteroatoms. The number of nitrogens with one attached hydrogen (secondary N) is 1. The third-order valence-corrected chi connectivity index (χ3v) is 6.63. The summed E-state index contributed by atoms with van der Waals surface area (Å²) in [6, 6.07) is 17.0. The molecule has 4 rings (SSSR count). The first-order valence-corrected chi connectivity index (χ1v) is 11.5. The van der Waals surface area contributed by atoms with E-state index in [0.717, 1.165) is 22.6 Å². The molecule has 2 aromatic heterocycles. The Balaban J connectivity index is 1.60. The molecule has 0 aliphatic rings. The van der Waals surface area contributed by atoms with E-state index >= 15 is 0 Å². The summed E-state index contributed by atoms with van der Waals surface area (Å²) in [7, 11) is 1.61. The third kappa shape index (κ3) is 4.81. The van der Waals surface area contributed by atoms with Gasteiger partial charge in [-0.1, -0.05) is 42.1 Å². The zero-order chi connectivity index (χ0) is 21.8. The van der Waals surface area contributed by atoms with Gasteiger partial charge in [-0.15, -0.1) is 11.3 Å². The zero-order valence-electron chi connectivity index (χ0n) is 17.1. The van der Waals surface area contributed by atoms with Crippen molar-refractivity contribution in [2.45, 2.75) is 18.6 Å². The van der Waals surface area contributed by atoms with Gasteiger partial charge < -0.3 is 10.1 Å². The number of anilines is 1. The Kier molecular flexibility index (Phi) is 6.39. The lowest BCUT2D eigenvalue weighted by atomic mass is 10.2. The lowest BCUT2D eigenvalue weighted by molar-refractivity contribution is -0.113. The summed E-state index contributed by atoms with van der Waals surface area (Å²) in [5, 5.41) is 5.29. The maximum atomic E-state index is 13.1. The van der Waals surface area contributed by atoms with Gasteiger partial charge in [-0.3, -0.25) is 14.2 Å². The van der Waals surface area contributed by atoms with Gasteiger partial charge in [0.1, 0.15) is 10.4 Å². The largest absolute Gasteiger partial charge is 0.497 e. The monoisotopic (exact) mass is 451 g/mol. The van der Waals surface area contributed by atoms with E-state index in [1.54, 1.807) is 11.7 Å². The number of carbonyl (C=O) groups is 1. The second-order valence-corrected chi connectivity index (χ2v) is 8.78. The quantitative estimate of drug-likeness (QED) is 0.330. The van der Waals surface area contributed by atoms with Gasteiger partial charge in [0.05, 0.1) is 24.9 Å². The van der Waals surface area contributed by atoms with Gasteiger partial charge >= 0.3 is 0 Å². The fourth-order valence-electron chi connectivity index (χ4n) is 3.16. The molecule has 0 aliphatic carbocycles. The van der Waals surface area contributed by atoms with Crippen LogP contribution in [0.1, 0.15) is 11.1 Å². The normalized spacial score (nSPS) is 10.9. The molecule has 0 saturated carbocycles. The van der Waals surface area contributed by atoms with Crippen molar-refractivity contribution in [3.8, 4) is 5.75 Å². The van der Waals surface area contributed by atoms with Crippen LogP contribution < -0.4 is 15.6 Å². The molecule has 0 bridgehead atoms. The summed E-state index contributed by atoms with van der Waals surface area (Å²) in [4.78, 5) is 30.3. The number of aryl methyl sites for hydroxylation is 1. The molecule has 0 radical (unpaired) electrons. The van der Waals surface area contributed by atoms with Gasteiger partial charge in [0.2, 0.25) is 5.91 Å². The topological polar surface area (TPSA) is 73.2 Å². The molecule has 4 aromatic rings. The highest BCUT2D eigenvalue weighted by molar-refractivity contribution is 7.99. The van der Waals surface area contributed by atoms with Crippen molar-refractivity contribution in [2.75, 3.05) is 18.2 Å². The molecule has 158 valence electrons. The number of para-hydroxylation sites is 1. The van der Waals surface area contributed by atoms with Gasteiger partial charge in [-0.05, 0) is 47.7 Å². The predicted octanol–water partition coefficient (Wildman–Crippen LogP) is 4.55. The second-order valence-electron chi connectivity index (χ2n) is 6.92. The maximum absolute atomic E-state index is 13.1.